The summed E-state index contributed by atoms with van der Waals surface area (Å²) in [5, 5.41) is 12.1. The largest absolute Gasteiger partial charge is 0.490 e. The SMILES string of the molecule is CCOc1ccc(C(C)(C)C(=O)N[C@@H]2CC[C@H](C(=O)O)C2)cc1OCC. The van der Waals surface area contributed by atoms with Crippen molar-refractivity contribution in [1.29, 1.82) is 0 Å². The molecule has 0 bridgehead atoms. The number of hydrogen-bond donors (Lipinski definition) is 2. The normalized spacial score (nSPS) is 19.8. The van der Waals surface area contributed by atoms with Crippen LogP contribution < -0.4 is 14.8 Å². The zero-order valence-corrected chi connectivity index (χ0v) is 16.0. The van der Waals surface area contributed by atoms with E-state index in [4.69, 9.17) is 14.6 Å². The Kier molecular flexibility index (Phi) is 6.51. The summed E-state index contributed by atoms with van der Waals surface area (Å²) in [6.07, 6.45) is 1.80. The van der Waals surface area contributed by atoms with Crippen LogP contribution in [0.4, 0.5) is 0 Å². The number of amides is 1. The molecular formula is C20H29NO5. The van der Waals surface area contributed by atoms with Crippen LogP contribution in [0.15, 0.2) is 18.2 Å². The molecule has 2 N–H and O–H groups in total. The van der Waals surface area contributed by atoms with Gasteiger partial charge in [-0.15, -0.1) is 0 Å². The standard InChI is InChI=1S/C20H29NO5/c1-5-25-16-10-8-14(12-17(16)26-6-2)20(3,4)19(24)21-15-9-7-13(11-15)18(22)23/h8,10,12-13,15H,5-7,9,11H2,1-4H3,(H,21,24)(H,22,23)/t13-,15+/m0/s1. The quantitative estimate of drug-likeness (QED) is 0.741. The minimum Gasteiger partial charge on any atom is -0.490 e. The second kappa shape index (κ2) is 8.43. The maximum atomic E-state index is 12.8. The highest BCUT2D eigenvalue weighted by Crippen LogP contribution is 2.34. The van der Waals surface area contributed by atoms with Gasteiger partial charge in [-0.1, -0.05) is 6.07 Å². The molecule has 1 saturated carbocycles. The zero-order valence-electron chi connectivity index (χ0n) is 16.0. The van der Waals surface area contributed by atoms with Gasteiger partial charge in [0.1, 0.15) is 0 Å². The number of carbonyl (C=O) groups excluding carboxylic acids is 1. The fourth-order valence-electron chi connectivity index (χ4n) is 3.27. The Labute approximate surface area is 154 Å². The molecule has 0 aliphatic heterocycles. The molecule has 1 aliphatic carbocycles. The summed E-state index contributed by atoms with van der Waals surface area (Å²) < 4.78 is 11.2. The maximum absolute atomic E-state index is 12.8. The smallest absolute Gasteiger partial charge is 0.306 e. The molecule has 6 nitrogen and oxygen atoms in total. The van der Waals surface area contributed by atoms with Crippen molar-refractivity contribution in [2.24, 2.45) is 5.92 Å². The minimum absolute atomic E-state index is 0.0862. The van der Waals surface area contributed by atoms with Crippen LogP contribution in [-0.2, 0) is 15.0 Å². The third-order valence-corrected chi connectivity index (χ3v) is 4.95. The van der Waals surface area contributed by atoms with Gasteiger partial charge in [0.15, 0.2) is 11.5 Å². The molecule has 6 heteroatoms. The Morgan fingerprint density at radius 1 is 1.15 bits per heavy atom. The lowest BCUT2D eigenvalue weighted by molar-refractivity contribution is -0.141. The van der Waals surface area contributed by atoms with Gasteiger partial charge >= 0.3 is 5.97 Å². The number of aliphatic carboxylic acids is 1. The molecule has 0 radical (unpaired) electrons. The Balaban J connectivity index is 2.14. The molecule has 0 aromatic heterocycles. The Morgan fingerprint density at radius 3 is 2.38 bits per heavy atom. The van der Waals surface area contributed by atoms with E-state index < -0.39 is 11.4 Å². The Hall–Kier alpha value is -2.24. The van der Waals surface area contributed by atoms with Crippen molar-refractivity contribution in [2.75, 3.05) is 13.2 Å². The predicted octanol–water partition coefficient (Wildman–Crippen LogP) is 3.13. The van der Waals surface area contributed by atoms with Gasteiger partial charge < -0.3 is 19.9 Å². The number of rotatable bonds is 8. The maximum Gasteiger partial charge on any atom is 0.306 e. The molecule has 1 aliphatic rings. The molecule has 2 rings (SSSR count). The van der Waals surface area contributed by atoms with E-state index in [2.05, 4.69) is 5.32 Å². The van der Waals surface area contributed by atoms with E-state index in [1.807, 2.05) is 45.9 Å². The van der Waals surface area contributed by atoms with Gasteiger partial charge in [0.2, 0.25) is 5.91 Å². The van der Waals surface area contributed by atoms with Crippen LogP contribution in [0.5, 0.6) is 11.5 Å². The van der Waals surface area contributed by atoms with Crippen LogP contribution in [0.3, 0.4) is 0 Å². The van der Waals surface area contributed by atoms with Crippen LogP contribution in [0.2, 0.25) is 0 Å². The van der Waals surface area contributed by atoms with E-state index in [0.717, 1.165) is 5.56 Å². The molecule has 0 unspecified atom stereocenters. The third-order valence-electron chi connectivity index (χ3n) is 4.95. The van der Waals surface area contributed by atoms with Crippen molar-refractivity contribution in [3.05, 3.63) is 23.8 Å². The molecular weight excluding hydrogens is 334 g/mol. The van der Waals surface area contributed by atoms with Crippen molar-refractivity contribution < 1.29 is 24.2 Å². The lowest BCUT2D eigenvalue weighted by Crippen LogP contribution is -2.44. The number of benzene rings is 1. The fourth-order valence-corrected chi connectivity index (χ4v) is 3.27. The number of carbonyl (C=O) groups is 2. The highest BCUT2D eigenvalue weighted by molar-refractivity contribution is 5.88. The average Bonchev–Trinajstić information content (AvgIpc) is 3.05. The number of nitrogens with one attached hydrogen (secondary N) is 1. The van der Waals surface area contributed by atoms with Gasteiger partial charge in [-0.05, 0) is 64.7 Å². The molecule has 1 aromatic rings. The molecule has 1 fully saturated rings. The second-order valence-corrected chi connectivity index (χ2v) is 7.17. The van der Waals surface area contributed by atoms with Gasteiger partial charge in [0.05, 0.1) is 24.5 Å². The highest BCUT2D eigenvalue weighted by Gasteiger charge is 2.36. The van der Waals surface area contributed by atoms with Gasteiger partial charge in [0, 0.05) is 6.04 Å². The molecule has 0 spiro atoms. The Bertz CT molecular complexity index is 656. The minimum atomic E-state index is -0.783. The summed E-state index contributed by atoms with van der Waals surface area (Å²) in [7, 11) is 0. The average molecular weight is 363 g/mol. The number of ether oxygens (including phenoxy) is 2. The summed E-state index contributed by atoms with van der Waals surface area (Å²) in [4.78, 5) is 23.9. The summed E-state index contributed by atoms with van der Waals surface area (Å²) in [5.74, 6) is 0.0291. The van der Waals surface area contributed by atoms with Gasteiger partial charge in [-0.25, -0.2) is 0 Å². The number of carboxylic acid groups (broad SMARTS) is 1. The van der Waals surface area contributed by atoms with Crippen molar-refractivity contribution in [3.63, 3.8) is 0 Å². The molecule has 2 atom stereocenters. The lowest BCUT2D eigenvalue weighted by atomic mass is 9.83. The van der Waals surface area contributed by atoms with Crippen LogP contribution in [-0.4, -0.2) is 36.2 Å². The number of hydrogen-bond acceptors (Lipinski definition) is 4. The van der Waals surface area contributed by atoms with Crippen molar-refractivity contribution >= 4 is 11.9 Å². The predicted molar refractivity (Wildman–Crippen MR) is 98.7 cm³/mol. The van der Waals surface area contributed by atoms with E-state index in [1.165, 1.54) is 0 Å². The third kappa shape index (κ3) is 4.48. The summed E-state index contributed by atoms with van der Waals surface area (Å²) in [6, 6.07) is 5.47. The molecule has 1 aromatic carbocycles. The topological polar surface area (TPSA) is 84.9 Å². The first-order chi connectivity index (χ1) is 12.3. The van der Waals surface area contributed by atoms with Gasteiger partial charge in [0.25, 0.3) is 0 Å². The first kappa shape index (κ1) is 20.1. The van der Waals surface area contributed by atoms with Crippen LogP contribution in [0.25, 0.3) is 0 Å². The highest BCUT2D eigenvalue weighted by atomic mass is 16.5. The van der Waals surface area contributed by atoms with E-state index in [9.17, 15) is 9.59 Å². The summed E-state index contributed by atoms with van der Waals surface area (Å²) in [6.45, 7) is 8.57. The zero-order chi connectivity index (χ0) is 19.3. The van der Waals surface area contributed by atoms with Crippen molar-refractivity contribution in [3.8, 4) is 11.5 Å². The molecule has 0 heterocycles. The van der Waals surface area contributed by atoms with Crippen molar-refractivity contribution in [2.45, 2.75) is 58.4 Å². The van der Waals surface area contributed by atoms with Crippen LogP contribution in [0.1, 0.15) is 52.5 Å². The first-order valence-electron chi connectivity index (χ1n) is 9.23. The Morgan fingerprint density at radius 2 is 1.81 bits per heavy atom. The molecule has 1 amide bonds. The van der Waals surface area contributed by atoms with E-state index >= 15 is 0 Å². The van der Waals surface area contributed by atoms with Gasteiger partial charge in [-0.2, -0.15) is 0 Å². The first-order valence-corrected chi connectivity index (χ1v) is 9.23. The van der Waals surface area contributed by atoms with Crippen molar-refractivity contribution in [1.82, 2.24) is 5.32 Å². The van der Waals surface area contributed by atoms with E-state index in [0.29, 0.717) is 44.0 Å². The second-order valence-electron chi connectivity index (χ2n) is 7.17. The summed E-state index contributed by atoms with van der Waals surface area (Å²) >= 11 is 0. The monoisotopic (exact) mass is 363 g/mol. The molecule has 26 heavy (non-hydrogen) atoms. The summed E-state index contributed by atoms with van der Waals surface area (Å²) in [5.41, 5.74) is 0.0624. The van der Waals surface area contributed by atoms with E-state index in [1.54, 1.807) is 0 Å². The number of carboxylic acids is 1. The van der Waals surface area contributed by atoms with Crippen LogP contribution in [0, 0.1) is 5.92 Å². The molecule has 144 valence electrons. The molecule has 0 saturated heterocycles. The van der Waals surface area contributed by atoms with Crippen LogP contribution >= 0.6 is 0 Å². The van der Waals surface area contributed by atoms with Gasteiger partial charge in [-0.3, -0.25) is 9.59 Å². The lowest BCUT2D eigenvalue weighted by Gasteiger charge is -2.27. The van der Waals surface area contributed by atoms with E-state index in [-0.39, 0.29) is 17.9 Å². The fraction of sp³-hybridized carbons (Fsp3) is 0.600.